The normalized spacial score (nSPS) is 6.75. The summed E-state index contributed by atoms with van der Waals surface area (Å²) in [5.41, 5.74) is 0. The second-order valence-electron chi connectivity index (χ2n) is 0.247. The Morgan fingerprint density at radius 3 is 1.00 bits per heavy atom. The fraction of sp³-hybridized carbons (Fsp3) is 0. The fourth-order valence-corrected chi connectivity index (χ4v) is 0. The van der Waals surface area contributed by atoms with Gasteiger partial charge in [0.25, 0.3) is 0 Å². The second-order valence-corrected chi connectivity index (χ2v) is 0.742. The van der Waals surface area contributed by atoms with Crippen LogP contribution in [0.5, 0.6) is 0 Å². The molecule has 0 rings (SSSR count). The summed E-state index contributed by atoms with van der Waals surface area (Å²) in [6, 6.07) is 0. The van der Waals surface area contributed by atoms with Crippen molar-refractivity contribution < 1.29 is 10.6 Å². The Balaban J connectivity index is 2.32. The molecule has 0 heterocycles. The summed E-state index contributed by atoms with van der Waals surface area (Å²) in [4.78, 5) is 0. The van der Waals surface area contributed by atoms with E-state index in [1.54, 1.807) is 0 Å². The molecular formula is AlF3. The van der Waals surface area contributed by atoms with Gasteiger partial charge in [0.15, 0.2) is 0 Å². The molecule has 4 heteroatoms. The molecule has 0 aliphatic rings. The highest BCUT2D eigenvalue weighted by molar-refractivity contribution is 6.33. The van der Waals surface area contributed by atoms with Gasteiger partial charge in [-0.25, -0.2) is 0 Å². The van der Waals surface area contributed by atoms with Crippen LogP contribution < -0.4 is 0 Å². The van der Waals surface area contributed by atoms with Gasteiger partial charge in [-0.2, -0.15) is 0 Å². The molecule has 0 saturated carbocycles. The zero-order valence-corrected chi connectivity index (χ0v) is 2.87. The van der Waals surface area contributed by atoms with E-state index in [4.69, 9.17) is 0 Å². The average Bonchev–Trinajstić information content (AvgIpc) is 0.811. The summed E-state index contributed by atoms with van der Waals surface area (Å²) in [6.45, 7) is 0. The van der Waals surface area contributed by atoms with Crippen LogP contribution >= 0.6 is 0 Å². The zero-order valence-electron chi connectivity index (χ0n) is 1.71. The van der Waals surface area contributed by atoms with Crippen LogP contribution in [0.3, 0.4) is 0 Å². The molecule has 0 nitrogen and oxygen atoms in total. The Morgan fingerprint density at radius 1 is 1.00 bits per heavy atom. The lowest BCUT2D eigenvalue weighted by Crippen LogP contribution is -1.76. The van der Waals surface area contributed by atoms with Gasteiger partial charge >= 0.3 is 15.5 Å². The van der Waals surface area contributed by atoms with E-state index in [9.17, 15) is 10.6 Å². The SMILES string of the molecule is [18F][Al]([18F])[18F]. The highest BCUT2D eigenvalue weighted by atomic mass is 27.3. The third kappa shape index (κ3) is 39.1. The summed E-state index contributed by atoms with van der Waals surface area (Å²) in [7, 11) is 0. The Bertz CT molecular complexity index is 8.00. The van der Waals surface area contributed by atoms with Crippen LogP contribution in [0.4, 0.5) is 10.6 Å². The van der Waals surface area contributed by atoms with E-state index in [2.05, 4.69) is 0 Å². The maximum atomic E-state index is 9.81. The summed E-state index contributed by atoms with van der Waals surface area (Å²) in [5.74, 6) is 0. The van der Waals surface area contributed by atoms with Crippen molar-refractivity contribution in [3.63, 3.8) is 0 Å². The van der Waals surface area contributed by atoms with E-state index in [-0.39, 0.29) is 0 Å². The molecule has 24 valence electrons. The Kier molecular flexibility index (Phi) is 1.75. The van der Waals surface area contributed by atoms with Gasteiger partial charge in [-0.05, 0) is 0 Å². The summed E-state index contributed by atoms with van der Waals surface area (Å²) in [5, 5.41) is 0. The predicted molar refractivity (Wildman–Crippen MR) is 9.08 cm³/mol. The van der Waals surface area contributed by atoms with Gasteiger partial charge < -0.3 is 10.6 Å². The molecule has 0 spiro atoms. The average molecular weight is 81.0 g/mol. The highest BCUT2D eigenvalue weighted by Gasteiger charge is 2.21. The van der Waals surface area contributed by atoms with E-state index in [0.29, 0.717) is 0 Å². The molecule has 0 bridgehead atoms. The Labute approximate surface area is 27.1 Å². The van der Waals surface area contributed by atoms with E-state index >= 15 is 0 Å². The van der Waals surface area contributed by atoms with Crippen LogP contribution in [0.15, 0.2) is 0 Å². The molecular weight excluding hydrogens is 81.0 g/mol. The van der Waals surface area contributed by atoms with Crippen LogP contribution in [0.1, 0.15) is 0 Å². The minimum absolute atomic E-state index is 4.64. The van der Waals surface area contributed by atoms with Crippen LogP contribution in [0.25, 0.3) is 0 Å². The monoisotopic (exact) mass is 81.0 g/mol. The number of hydrogen-bond acceptors (Lipinski definition) is 0. The molecule has 0 N–H and O–H groups in total. The lowest BCUT2D eigenvalue weighted by atomic mass is 17.7. The first-order valence-electron chi connectivity index (χ1n) is 0.655. The molecule has 0 aromatic rings. The summed E-state index contributed by atoms with van der Waals surface area (Å²) < 4.78 is 29.4. The minimum Gasteiger partial charge on any atom is -0.346 e. The molecule has 4 heavy (non-hydrogen) atoms. The van der Waals surface area contributed by atoms with Gasteiger partial charge in [0.05, 0.1) is 0 Å². The van der Waals surface area contributed by atoms with Crippen molar-refractivity contribution in [3.05, 3.63) is 0 Å². The molecule has 0 amide bonds. The van der Waals surface area contributed by atoms with Crippen molar-refractivity contribution in [2.45, 2.75) is 0 Å². The summed E-state index contributed by atoms with van der Waals surface area (Å²) in [6.07, 6.45) is 0. The standard InChI is InChI=1S/Al.3FH/h;3*1H/q+3;;;/p-3/i;3*1-1. The summed E-state index contributed by atoms with van der Waals surface area (Å²) >= 11 is -4.64. The molecule has 0 radical (unpaired) electrons. The van der Waals surface area contributed by atoms with Crippen molar-refractivity contribution in [3.8, 4) is 0 Å². The first-order valence-corrected chi connectivity index (χ1v) is 1.96. The quantitative estimate of drug-likeness (QED) is 0.379. The maximum absolute atomic E-state index is 9.81. The molecule has 0 unspecified atom stereocenters. The van der Waals surface area contributed by atoms with Crippen LogP contribution in [-0.2, 0) is 0 Å². The predicted octanol–water partition coefficient (Wildman–Crippen LogP) is 0.880. The van der Waals surface area contributed by atoms with Crippen molar-refractivity contribution in [1.82, 2.24) is 0 Å². The lowest BCUT2D eigenvalue weighted by molar-refractivity contribution is 0.535. The van der Waals surface area contributed by atoms with Crippen LogP contribution in [0.2, 0.25) is 0 Å². The molecule has 0 fully saturated rings. The topological polar surface area (TPSA) is 0 Å². The maximum Gasteiger partial charge on any atom is 1.04 e. The molecule has 0 saturated heterocycles. The Hall–Kier alpha value is 0.322. The molecule has 0 aliphatic carbocycles. The van der Waals surface area contributed by atoms with Gasteiger partial charge in [-0.15, -0.1) is 0 Å². The van der Waals surface area contributed by atoms with Gasteiger partial charge in [-0.1, -0.05) is 0 Å². The second kappa shape index (κ2) is 1.62. The smallest absolute Gasteiger partial charge is 0.346 e. The van der Waals surface area contributed by atoms with E-state index in [0.717, 1.165) is 0 Å². The van der Waals surface area contributed by atoms with E-state index in [1.807, 2.05) is 0 Å². The third-order valence-electron chi connectivity index (χ3n) is 0. The fourth-order valence-electron chi connectivity index (χ4n) is 0. The van der Waals surface area contributed by atoms with Gasteiger partial charge in [0.1, 0.15) is 0 Å². The first kappa shape index (κ1) is 4.32. The number of halogens is 3. The van der Waals surface area contributed by atoms with Gasteiger partial charge in [0, 0.05) is 0 Å². The van der Waals surface area contributed by atoms with Crippen molar-refractivity contribution in [1.29, 1.82) is 0 Å². The van der Waals surface area contributed by atoms with Crippen molar-refractivity contribution in [2.24, 2.45) is 0 Å². The van der Waals surface area contributed by atoms with Gasteiger partial charge in [0.2, 0.25) is 0 Å². The number of hydrogen-bond donors (Lipinski definition) is 0. The van der Waals surface area contributed by atoms with E-state index in [1.165, 1.54) is 0 Å². The molecule has 0 aromatic heterocycles. The third-order valence-corrected chi connectivity index (χ3v) is 0. The van der Waals surface area contributed by atoms with Crippen molar-refractivity contribution in [2.75, 3.05) is 0 Å². The Morgan fingerprint density at radius 2 is 1.00 bits per heavy atom. The highest BCUT2D eigenvalue weighted by Crippen LogP contribution is 1.80. The molecule has 0 atom stereocenters. The zero-order chi connectivity index (χ0) is 3.58. The first-order chi connectivity index (χ1) is 1.73. The lowest BCUT2D eigenvalue weighted by Gasteiger charge is -1.52. The van der Waals surface area contributed by atoms with Crippen LogP contribution in [0, 0.1) is 0 Å². The van der Waals surface area contributed by atoms with E-state index < -0.39 is 15.5 Å². The molecule has 0 aliphatic heterocycles. The van der Waals surface area contributed by atoms with Crippen LogP contribution in [-0.4, -0.2) is 15.5 Å². The minimum atomic E-state index is -4.64. The number of rotatable bonds is 0. The van der Waals surface area contributed by atoms with Gasteiger partial charge in [-0.3, -0.25) is 0 Å². The molecule has 0 aromatic carbocycles. The largest absolute Gasteiger partial charge is 1.04 e. The van der Waals surface area contributed by atoms with Crippen molar-refractivity contribution >= 4 is 15.5 Å².